The molecule has 1 aromatic heterocycles. The minimum absolute atomic E-state index is 0.135. The zero-order chi connectivity index (χ0) is 20.2. The van der Waals surface area contributed by atoms with E-state index in [0.29, 0.717) is 23.6 Å². The van der Waals surface area contributed by atoms with Gasteiger partial charge < -0.3 is 19.8 Å². The third kappa shape index (κ3) is 7.16. The Kier molecular flexibility index (Phi) is 8.00. The highest BCUT2D eigenvalue weighted by atomic mass is 16.5. The quantitative estimate of drug-likeness (QED) is 0.255. The van der Waals surface area contributed by atoms with Crippen LogP contribution in [0.4, 0.5) is 0 Å². The molecule has 0 fully saturated rings. The molecular formula is C19H20N4O5. The van der Waals surface area contributed by atoms with Crippen molar-refractivity contribution in [2.24, 2.45) is 5.10 Å². The topological polar surface area (TPSA) is 122 Å². The minimum Gasteiger partial charge on any atom is -0.484 e. The second kappa shape index (κ2) is 11.0. The largest absolute Gasteiger partial charge is 0.484 e. The molecule has 2 aromatic rings. The van der Waals surface area contributed by atoms with Crippen LogP contribution in [0.25, 0.3) is 0 Å². The van der Waals surface area contributed by atoms with E-state index in [2.05, 4.69) is 27.7 Å². The number of carbonyl (C=O) groups is 3. The van der Waals surface area contributed by atoms with Crippen LogP contribution in [0.15, 0.2) is 64.8 Å². The predicted molar refractivity (Wildman–Crippen MR) is 101 cm³/mol. The molecule has 28 heavy (non-hydrogen) atoms. The molecule has 2 rings (SSSR count). The molecule has 146 valence electrons. The summed E-state index contributed by atoms with van der Waals surface area (Å²) in [6, 6.07) is 10.2. The number of furan rings is 1. The van der Waals surface area contributed by atoms with E-state index in [9.17, 15) is 14.4 Å². The average molecular weight is 384 g/mol. The van der Waals surface area contributed by atoms with E-state index >= 15 is 0 Å². The number of benzene rings is 1. The maximum Gasteiger partial charge on any atom is 0.329 e. The number of amides is 3. The molecule has 9 heteroatoms. The van der Waals surface area contributed by atoms with E-state index in [0.717, 1.165) is 0 Å². The molecule has 3 N–H and O–H groups in total. The highest BCUT2D eigenvalue weighted by molar-refractivity contribution is 6.35. The van der Waals surface area contributed by atoms with Crippen LogP contribution in [0.1, 0.15) is 11.3 Å². The van der Waals surface area contributed by atoms with Crippen LogP contribution >= 0.6 is 0 Å². The lowest BCUT2D eigenvalue weighted by Gasteiger charge is -2.06. The fraction of sp³-hybridized carbons (Fsp3) is 0.158. The lowest BCUT2D eigenvalue weighted by Crippen LogP contribution is -2.37. The Bertz CT molecular complexity index is 829. The van der Waals surface area contributed by atoms with Gasteiger partial charge in [-0.2, -0.15) is 5.10 Å². The van der Waals surface area contributed by atoms with Gasteiger partial charge in [0.15, 0.2) is 6.61 Å². The summed E-state index contributed by atoms with van der Waals surface area (Å²) < 4.78 is 10.5. The molecule has 9 nitrogen and oxygen atoms in total. The van der Waals surface area contributed by atoms with Crippen molar-refractivity contribution in [3.63, 3.8) is 0 Å². The van der Waals surface area contributed by atoms with E-state index in [1.807, 2.05) is 0 Å². The van der Waals surface area contributed by atoms with Crippen LogP contribution in [-0.2, 0) is 20.9 Å². The molecule has 0 radical (unpaired) electrons. The number of nitrogens with one attached hydrogen (secondary N) is 3. The maximum absolute atomic E-state index is 11.7. The molecule has 0 aliphatic heterocycles. The highest BCUT2D eigenvalue weighted by Gasteiger charge is 2.10. The summed E-state index contributed by atoms with van der Waals surface area (Å²) in [5, 5.41) is 8.70. The van der Waals surface area contributed by atoms with Crippen molar-refractivity contribution in [3.8, 4) is 5.75 Å². The number of rotatable bonds is 9. The van der Waals surface area contributed by atoms with Gasteiger partial charge in [0.05, 0.1) is 19.0 Å². The van der Waals surface area contributed by atoms with E-state index < -0.39 is 11.8 Å². The molecule has 0 unspecified atom stereocenters. The fourth-order valence-electron chi connectivity index (χ4n) is 1.91. The monoisotopic (exact) mass is 384 g/mol. The Morgan fingerprint density at radius 2 is 1.89 bits per heavy atom. The SMILES string of the molecule is C=CCNC(=O)C(=O)N/N=C\c1ccc(OCC(=O)NCc2ccco2)cc1. The first-order chi connectivity index (χ1) is 13.6. The van der Waals surface area contributed by atoms with Crippen molar-refractivity contribution in [2.45, 2.75) is 6.54 Å². The molecule has 0 aliphatic carbocycles. The Morgan fingerprint density at radius 1 is 1.11 bits per heavy atom. The number of carbonyl (C=O) groups excluding carboxylic acids is 3. The average Bonchev–Trinajstić information content (AvgIpc) is 3.23. The summed E-state index contributed by atoms with van der Waals surface area (Å²) >= 11 is 0. The lowest BCUT2D eigenvalue weighted by molar-refractivity contribution is -0.139. The second-order valence-electron chi connectivity index (χ2n) is 5.41. The summed E-state index contributed by atoms with van der Waals surface area (Å²) in [6.45, 7) is 3.78. The number of nitrogens with zero attached hydrogens (tertiary/aromatic N) is 1. The zero-order valence-corrected chi connectivity index (χ0v) is 15.0. The zero-order valence-electron chi connectivity index (χ0n) is 15.0. The smallest absolute Gasteiger partial charge is 0.329 e. The van der Waals surface area contributed by atoms with Gasteiger partial charge in [-0.1, -0.05) is 6.08 Å². The standard InChI is InChI=1S/C19H20N4O5/c1-2-9-20-18(25)19(26)23-22-11-14-5-7-15(8-6-14)28-13-17(24)21-12-16-4-3-10-27-16/h2-8,10-11H,1,9,12-13H2,(H,20,25)(H,21,24)(H,23,26)/b22-11-. The van der Waals surface area contributed by atoms with Crippen LogP contribution < -0.4 is 20.8 Å². The van der Waals surface area contributed by atoms with Crippen molar-refractivity contribution in [1.29, 1.82) is 0 Å². The molecule has 0 saturated heterocycles. The van der Waals surface area contributed by atoms with E-state index in [4.69, 9.17) is 9.15 Å². The number of hydrazone groups is 1. The molecular weight excluding hydrogens is 364 g/mol. The molecule has 0 bridgehead atoms. The Hall–Kier alpha value is -3.88. The van der Waals surface area contributed by atoms with Gasteiger partial charge in [-0.3, -0.25) is 14.4 Å². The van der Waals surface area contributed by atoms with Crippen molar-refractivity contribution in [2.75, 3.05) is 13.2 Å². The van der Waals surface area contributed by atoms with Gasteiger partial charge in [-0.05, 0) is 42.0 Å². The minimum atomic E-state index is -0.876. The Labute approximate surface area is 161 Å². The summed E-state index contributed by atoms with van der Waals surface area (Å²) in [5.41, 5.74) is 2.78. The molecule has 0 atom stereocenters. The maximum atomic E-state index is 11.7. The third-order valence-electron chi connectivity index (χ3n) is 3.28. The van der Waals surface area contributed by atoms with E-state index in [1.54, 1.807) is 36.4 Å². The fourth-order valence-corrected chi connectivity index (χ4v) is 1.91. The molecule has 0 spiro atoms. The van der Waals surface area contributed by atoms with Crippen molar-refractivity contribution >= 4 is 23.9 Å². The van der Waals surface area contributed by atoms with Gasteiger partial charge in [0.25, 0.3) is 5.91 Å². The van der Waals surface area contributed by atoms with Crippen LogP contribution in [0, 0.1) is 0 Å². The van der Waals surface area contributed by atoms with Crippen molar-refractivity contribution in [1.82, 2.24) is 16.1 Å². The molecule has 0 saturated carbocycles. The normalized spacial score (nSPS) is 10.3. The first-order valence-electron chi connectivity index (χ1n) is 8.32. The number of hydrogen-bond donors (Lipinski definition) is 3. The second-order valence-corrected chi connectivity index (χ2v) is 5.41. The molecule has 1 heterocycles. The number of ether oxygens (including phenoxy) is 1. The summed E-state index contributed by atoms with van der Waals surface area (Å²) in [6.07, 6.45) is 4.37. The lowest BCUT2D eigenvalue weighted by atomic mass is 10.2. The Morgan fingerprint density at radius 3 is 2.57 bits per heavy atom. The summed E-state index contributed by atoms with van der Waals surface area (Å²) in [4.78, 5) is 34.5. The van der Waals surface area contributed by atoms with Gasteiger partial charge in [0.1, 0.15) is 11.5 Å². The van der Waals surface area contributed by atoms with Crippen molar-refractivity contribution in [3.05, 3.63) is 66.6 Å². The van der Waals surface area contributed by atoms with Crippen LogP contribution in [0.3, 0.4) is 0 Å². The summed E-state index contributed by atoms with van der Waals surface area (Å²) in [5.74, 6) is -0.801. The van der Waals surface area contributed by atoms with Crippen LogP contribution in [0.2, 0.25) is 0 Å². The van der Waals surface area contributed by atoms with Gasteiger partial charge in [0.2, 0.25) is 0 Å². The molecule has 1 aromatic carbocycles. The van der Waals surface area contributed by atoms with E-state index in [1.165, 1.54) is 18.6 Å². The molecule has 3 amide bonds. The summed E-state index contributed by atoms with van der Waals surface area (Å²) in [7, 11) is 0. The van der Waals surface area contributed by atoms with E-state index in [-0.39, 0.29) is 19.1 Å². The van der Waals surface area contributed by atoms with Gasteiger partial charge >= 0.3 is 11.8 Å². The first-order valence-corrected chi connectivity index (χ1v) is 8.32. The van der Waals surface area contributed by atoms with Crippen molar-refractivity contribution < 1.29 is 23.5 Å². The number of hydrogen-bond acceptors (Lipinski definition) is 6. The highest BCUT2D eigenvalue weighted by Crippen LogP contribution is 2.11. The van der Waals surface area contributed by atoms with Crippen LogP contribution in [-0.4, -0.2) is 37.1 Å². The first kappa shape index (κ1) is 20.4. The van der Waals surface area contributed by atoms with Gasteiger partial charge in [-0.15, -0.1) is 6.58 Å². The predicted octanol–water partition coefficient (Wildman–Crippen LogP) is 0.727. The molecule has 0 aliphatic rings. The van der Waals surface area contributed by atoms with Gasteiger partial charge in [0, 0.05) is 6.54 Å². The Balaban J connectivity index is 1.71. The van der Waals surface area contributed by atoms with Crippen LogP contribution in [0.5, 0.6) is 5.75 Å². The third-order valence-corrected chi connectivity index (χ3v) is 3.28. The van der Waals surface area contributed by atoms with Gasteiger partial charge in [-0.25, -0.2) is 5.43 Å².